The van der Waals surface area contributed by atoms with E-state index in [0.29, 0.717) is 25.6 Å². The lowest BCUT2D eigenvalue weighted by Crippen LogP contribution is -2.55. The van der Waals surface area contributed by atoms with E-state index in [1.807, 2.05) is 18.1 Å². The van der Waals surface area contributed by atoms with E-state index in [9.17, 15) is 4.79 Å². The van der Waals surface area contributed by atoms with Crippen molar-refractivity contribution in [2.24, 2.45) is 12.0 Å². The second-order valence-corrected chi connectivity index (χ2v) is 4.44. The van der Waals surface area contributed by atoms with Gasteiger partial charge >= 0.3 is 0 Å². The predicted molar refractivity (Wildman–Crippen MR) is 77.3 cm³/mol. The second-order valence-electron chi connectivity index (χ2n) is 4.44. The number of guanidine groups is 1. The zero-order chi connectivity index (χ0) is 14.5. The fraction of sp³-hybridized carbons (Fsp3) is 0.462. The minimum absolute atomic E-state index is 0.0212. The van der Waals surface area contributed by atoms with Gasteiger partial charge in [0.05, 0.1) is 18.4 Å². The second kappa shape index (κ2) is 6.10. The van der Waals surface area contributed by atoms with Gasteiger partial charge in [-0.25, -0.2) is 0 Å². The first kappa shape index (κ1) is 13.9. The van der Waals surface area contributed by atoms with Crippen LogP contribution in [-0.2, 0) is 11.8 Å². The predicted octanol–water partition coefficient (Wildman–Crippen LogP) is -0.723. The molecule has 0 atom stereocenters. The van der Waals surface area contributed by atoms with Crippen LogP contribution in [0, 0.1) is 12.3 Å². The molecule has 0 saturated carbocycles. The van der Waals surface area contributed by atoms with E-state index in [0.717, 1.165) is 5.69 Å². The molecule has 0 aliphatic carbocycles. The van der Waals surface area contributed by atoms with Gasteiger partial charge in [0.15, 0.2) is 5.96 Å². The van der Waals surface area contributed by atoms with Gasteiger partial charge in [-0.15, -0.1) is 6.42 Å². The molecule has 1 aromatic rings. The number of rotatable bonds is 2. The number of piperazine rings is 1. The molecule has 0 aromatic carbocycles. The fourth-order valence-electron chi connectivity index (χ4n) is 2.14. The maximum Gasteiger partial charge on any atom is 0.246 e. The van der Waals surface area contributed by atoms with E-state index >= 15 is 0 Å². The first-order valence-corrected chi connectivity index (χ1v) is 6.33. The number of aromatic nitrogens is 2. The van der Waals surface area contributed by atoms with Gasteiger partial charge in [0.25, 0.3) is 0 Å². The largest absolute Gasteiger partial charge is 0.345 e. The Labute approximate surface area is 118 Å². The highest BCUT2D eigenvalue weighted by Gasteiger charge is 2.27. The number of terminal acetylenes is 1. The van der Waals surface area contributed by atoms with Crippen LogP contribution in [0.5, 0.6) is 0 Å². The molecular weight excluding hydrogens is 256 g/mol. The average molecular weight is 274 g/mol. The summed E-state index contributed by atoms with van der Waals surface area (Å²) in [6.07, 6.45) is 8.74. The lowest BCUT2D eigenvalue weighted by atomic mass is 10.3. The van der Waals surface area contributed by atoms with Gasteiger partial charge in [-0.1, -0.05) is 5.92 Å². The van der Waals surface area contributed by atoms with Crippen LogP contribution in [-0.4, -0.2) is 59.8 Å². The molecule has 0 bridgehead atoms. The van der Waals surface area contributed by atoms with Crippen LogP contribution in [0.25, 0.3) is 0 Å². The third-order valence-corrected chi connectivity index (χ3v) is 3.08. The third kappa shape index (κ3) is 2.91. The van der Waals surface area contributed by atoms with Gasteiger partial charge < -0.3 is 15.1 Å². The zero-order valence-corrected chi connectivity index (χ0v) is 11.7. The topological polar surface area (TPSA) is 65.8 Å². The van der Waals surface area contributed by atoms with Gasteiger partial charge in [0, 0.05) is 33.4 Å². The van der Waals surface area contributed by atoms with Crippen molar-refractivity contribution >= 4 is 17.6 Å². The molecule has 106 valence electrons. The fourth-order valence-corrected chi connectivity index (χ4v) is 2.14. The molecule has 0 spiro atoms. The van der Waals surface area contributed by atoms with E-state index in [2.05, 4.69) is 21.3 Å². The molecule has 1 amide bonds. The van der Waals surface area contributed by atoms with Crippen LogP contribution in [0.4, 0.5) is 5.69 Å². The van der Waals surface area contributed by atoms with E-state index in [-0.39, 0.29) is 12.5 Å². The molecule has 1 aromatic heterocycles. The number of nitrogens with zero attached hydrogens (tertiary/aromatic N) is 5. The number of hydrogen-bond donors (Lipinski definition) is 1. The summed E-state index contributed by atoms with van der Waals surface area (Å²) in [7, 11) is 3.51. The lowest BCUT2D eigenvalue weighted by molar-refractivity contribution is -0.120. The van der Waals surface area contributed by atoms with Gasteiger partial charge in [0.2, 0.25) is 5.91 Å². The first-order valence-electron chi connectivity index (χ1n) is 6.33. The summed E-state index contributed by atoms with van der Waals surface area (Å²) in [4.78, 5) is 20.0. The highest BCUT2D eigenvalue weighted by atomic mass is 16.2. The van der Waals surface area contributed by atoms with Crippen molar-refractivity contribution in [2.75, 3.05) is 38.1 Å². The first-order chi connectivity index (χ1) is 9.65. The molecule has 2 rings (SSSR count). The van der Waals surface area contributed by atoms with Gasteiger partial charge in [-0.05, 0) is 0 Å². The lowest BCUT2D eigenvalue weighted by Gasteiger charge is -2.35. The maximum absolute atomic E-state index is 12.2. The number of amides is 1. The van der Waals surface area contributed by atoms with Crippen LogP contribution in [0.15, 0.2) is 17.4 Å². The van der Waals surface area contributed by atoms with Crippen molar-refractivity contribution in [3.05, 3.63) is 12.4 Å². The SMILES string of the molecule is C#CCNC(=NC)N1CCN(c2cnn(C)c2)C(=O)C1. The summed E-state index contributed by atoms with van der Waals surface area (Å²) in [6, 6.07) is 0. The molecule has 1 saturated heterocycles. The van der Waals surface area contributed by atoms with Crippen molar-refractivity contribution in [3.63, 3.8) is 0 Å². The normalized spacial score (nSPS) is 16.2. The molecule has 0 unspecified atom stereocenters. The Hall–Kier alpha value is -2.49. The Kier molecular flexibility index (Phi) is 4.25. The van der Waals surface area contributed by atoms with Gasteiger partial charge in [-0.3, -0.25) is 14.5 Å². The number of anilines is 1. The third-order valence-electron chi connectivity index (χ3n) is 3.08. The summed E-state index contributed by atoms with van der Waals surface area (Å²) >= 11 is 0. The van der Waals surface area contributed by atoms with Crippen molar-refractivity contribution in [1.29, 1.82) is 0 Å². The summed E-state index contributed by atoms with van der Waals surface area (Å²) in [5.41, 5.74) is 0.823. The molecule has 7 nitrogen and oxygen atoms in total. The summed E-state index contributed by atoms with van der Waals surface area (Å²) < 4.78 is 1.68. The Morgan fingerprint density at radius 3 is 2.95 bits per heavy atom. The monoisotopic (exact) mass is 274 g/mol. The van der Waals surface area contributed by atoms with Gasteiger partial charge in [0.1, 0.15) is 6.54 Å². The number of aryl methyl sites for hydroxylation is 1. The highest BCUT2D eigenvalue weighted by Crippen LogP contribution is 2.15. The van der Waals surface area contributed by atoms with Gasteiger partial charge in [-0.2, -0.15) is 5.10 Å². The van der Waals surface area contributed by atoms with Crippen LogP contribution < -0.4 is 10.2 Å². The Bertz CT molecular complexity index is 555. The van der Waals surface area contributed by atoms with Crippen LogP contribution in [0.1, 0.15) is 0 Å². The molecule has 1 fully saturated rings. The summed E-state index contributed by atoms with van der Waals surface area (Å²) in [6.45, 7) is 1.97. The molecule has 7 heteroatoms. The minimum Gasteiger partial charge on any atom is -0.345 e. The smallest absolute Gasteiger partial charge is 0.246 e. The number of nitrogens with one attached hydrogen (secondary N) is 1. The maximum atomic E-state index is 12.2. The summed E-state index contributed by atoms with van der Waals surface area (Å²) in [5, 5.41) is 7.11. The molecular formula is C13H18N6O. The highest BCUT2D eigenvalue weighted by molar-refractivity contribution is 5.98. The Balaban J connectivity index is 2.02. The quantitative estimate of drug-likeness (QED) is 0.439. The van der Waals surface area contributed by atoms with Crippen LogP contribution >= 0.6 is 0 Å². The van der Waals surface area contributed by atoms with E-state index in [1.54, 1.807) is 22.8 Å². The number of carbonyl (C=O) groups is 1. The molecule has 0 radical (unpaired) electrons. The number of hydrogen-bond acceptors (Lipinski definition) is 3. The van der Waals surface area contributed by atoms with Crippen molar-refractivity contribution in [1.82, 2.24) is 20.0 Å². The van der Waals surface area contributed by atoms with Crippen LogP contribution in [0.3, 0.4) is 0 Å². The number of aliphatic imine (C=N–C) groups is 1. The molecule has 2 heterocycles. The van der Waals surface area contributed by atoms with Crippen molar-refractivity contribution < 1.29 is 4.79 Å². The van der Waals surface area contributed by atoms with Crippen LogP contribution in [0.2, 0.25) is 0 Å². The number of carbonyl (C=O) groups excluding carboxylic acids is 1. The van der Waals surface area contributed by atoms with E-state index in [4.69, 9.17) is 6.42 Å². The molecule has 20 heavy (non-hydrogen) atoms. The minimum atomic E-state index is 0.0212. The molecule has 1 aliphatic rings. The standard InChI is InChI=1S/C13H18N6O/c1-4-5-15-13(14-2)18-6-7-19(12(20)10-18)11-8-16-17(3)9-11/h1,8-9H,5-7,10H2,2-3H3,(H,14,15). The van der Waals surface area contributed by atoms with E-state index in [1.165, 1.54) is 0 Å². The molecule has 1 N–H and O–H groups in total. The zero-order valence-electron chi connectivity index (χ0n) is 11.7. The summed E-state index contributed by atoms with van der Waals surface area (Å²) in [5.74, 6) is 3.17. The molecule has 1 aliphatic heterocycles. The Morgan fingerprint density at radius 2 is 2.40 bits per heavy atom. The van der Waals surface area contributed by atoms with Crippen molar-refractivity contribution in [2.45, 2.75) is 0 Å². The Morgan fingerprint density at radius 1 is 1.60 bits per heavy atom. The van der Waals surface area contributed by atoms with E-state index < -0.39 is 0 Å². The van der Waals surface area contributed by atoms with Crippen molar-refractivity contribution in [3.8, 4) is 12.3 Å². The average Bonchev–Trinajstić information content (AvgIpc) is 2.86.